The van der Waals surface area contributed by atoms with Crippen LogP contribution in [0.5, 0.6) is 0 Å². The van der Waals surface area contributed by atoms with Crippen LogP contribution in [0.15, 0.2) is 18.2 Å². The number of amides is 2. The summed E-state index contributed by atoms with van der Waals surface area (Å²) in [5.74, 6) is -1.19. The number of nitrogens with one attached hydrogen (secondary N) is 1. The zero-order chi connectivity index (χ0) is 19.9. The van der Waals surface area contributed by atoms with Crippen LogP contribution in [0.2, 0.25) is 10.0 Å². The average molecular weight is 403 g/mol. The molecule has 1 atom stereocenters. The number of rotatable bonds is 8. The van der Waals surface area contributed by atoms with E-state index in [1.807, 2.05) is 13.8 Å². The molecule has 0 saturated carbocycles. The second kappa shape index (κ2) is 10.4. The van der Waals surface area contributed by atoms with Gasteiger partial charge in [0.2, 0.25) is 5.91 Å². The maximum absolute atomic E-state index is 12.7. The Hall–Kier alpha value is -1.79. The number of likely N-dealkylation sites (N-methyl/N-ethyl adjacent to an activating group) is 1. The topological polar surface area (TPSA) is 75.7 Å². The first kappa shape index (κ1) is 22.3. The maximum atomic E-state index is 12.7. The van der Waals surface area contributed by atoms with Crippen LogP contribution >= 0.6 is 23.2 Å². The normalized spacial score (nSPS) is 11.8. The first-order valence-electron chi connectivity index (χ1n) is 8.32. The zero-order valence-electron chi connectivity index (χ0n) is 15.3. The summed E-state index contributed by atoms with van der Waals surface area (Å²) in [6, 6.07) is 3.73. The highest BCUT2D eigenvalue weighted by atomic mass is 35.5. The van der Waals surface area contributed by atoms with Crippen molar-refractivity contribution in [2.75, 3.05) is 20.2 Å². The summed E-state index contributed by atoms with van der Waals surface area (Å²) in [6.45, 7) is 5.62. The Morgan fingerprint density at radius 3 is 2.42 bits per heavy atom. The van der Waals surface area contributed by atoms with Crippen molar-refractivity contribution in [2.24, 2.45) is 5.92 Å². The summed E-state index contributed by atoms with van der Waals surface area (Å²) >= 11 is 11.9. The standard InChI is InChI=1S/C18H24Cl2N2O4/c1-5-26-16(23)10-22(4)18(25)15(8-11(2)3)21-17(24)13-7-6-12(19)9-14(13)20/h6-7,9,11,15H,5,8,10H2,1-4H3,(H,21,24). The first-order chi connectivity index (χ1) is 12.1. The number of halogens is 2. The number of ether oxygens (including phenoxy) is 1. The van der Waals surface area contributed by atoms with Crippen LogP contribution in [0.4, 0.5) is 0 Å². The Balaban J connectivity index is 2.90. The van der Waals surface area contributed by atoms with Gasteiger partial charge in [-0.1, -0.05) is 37.0 Å². The highest BCUT2D eigenvalue weighted by Gasteiger charge is 2.27. The van der Waals surface area contributed by atoms with E-state index in [-0.39, 0.29) is 35.6 Å². The van der Waals surface area contributed by atoms with Crippen LogP contribution in [-0.2, 0) is 14.3 Å². The number of carbonyl (C=O) groups excluding carboxylic acids is 3. The molecule has 0 heterocycles. The third kappa shape index (κ3) is 6.84. The molecule has 1 rings (SSSR count). The van der Waals surface area contributed by atoms with E-state index in [4.69, 9.17) is 27.9 Å². The van der Waals surface area contributed by atoms with Crippen molar-refractivity contribution < 1.29 is 19.1 Å². The Labute approximate surface area is 163 Å². The molecular weight excluding hydrogens is 379 g/mol. The monoisotopic (exact) mass is 402 g/mol. The number of esters is 1. The molecule has 0 aliphatic heterocycles. The SMILES string of the molecule is CCOC(=O)CN(C)C(=O)C(CC(C)C)NC(=O)c1ccc(Cl)cc1Cl. The van der Waals surface area contributed by atoms with E-state index in [0.29, 0.717) is 11.4 Å². The van der Waals surface area contributed by atoms with Crippen LogP contribution in [-0.4, -0.2) is 48.9 Å². The van der Waals surface area contributed by atoms with Gasteiger partial charge in [0.05, 0.1) is 17.2 Å². The number of benzene rings is 1. The smallest absolute Gasteiger partial charge is 0.325 e. The minimum absolute atomic E-state index is 0.154. The van der Waals surface area contributed by atoms with Gasteiger partial charge < -0.3 is 15.0 Å². The van der Waals surface area contributed by atoms with Crippen molar-refractivity contribution in [3.05, 3.63) is 33.8 Å². The lowest BCUT2D eigenvalue weighted by molar-refractivity contribution is -0.148. The fourth-order valence-electron chi connectivity index (χ4n) is 2.35. The lowest BCUT2D eigenvalue weighted by Gasteiger charge is -2.25. The van der Waals surface area contributed by atoms with E-state index >= 15 is 0 Å². The van der Waals surface area contributed by atoms with E-state index in [1.54, 1.807) is 13.0 Å². The predicted molar refractivity (Wildman–Crippen MR) is 101 cm³/mol. The van der Waals surface area contributed by atoms with Crippen LogP contribution in [0.3, 0.4) is 0 Å². The molecule has 0 saturated heterocycles. The quantitative estimate of drug-likeness (QED) is 0.677. The Kier molecular flexibility index (Phi) is 8.88. The second-order valence-electron chi connectivity index (χ2n) is 6.28. The molecular formula is C18H24Cl2N2O4. The molecule has 0 spiro atoms. The zero-order valence-corrected chi connectivity index (χ0v) is 16.9. The van der Waals surface area contributed by atoms with Gasteiger partial charge in [0.15, 0.2) is 0 Å². The predicted octanol–water partition coefficient (Wildman–Crippen LogP) is 3.16. The van der Waals surface area contributed by atoms with Gasteiger partial charge >= 0.3 is 5.97 Å². The van der Waals surface area contributed by atoms with Crippen molar-refractivity contribution in [1.82, 2.24) is 10.2 Å². The number of hydrogen-bond donors (Lipinski definition) is 1. The molecule has 1 aromatic rings. The van der Waals surface area contributed by atoms with E-state index in [0.717, 1.165) is 0 Å². The maximum Gasteiger partial charge on any atom is 0.325 e. The van der Waals surface area contributed by atoms with E-state index in [9.17, 15) is 14.4 Å². The van der Waals surface area contributed by atoms with Crippen LogP contribution < -0.4 is 5.32 Å². The summed E-state index contributed by atoms with van der Waals surface area (Å²) in [7, 11) is 1.49. The summed E-state index contributed by atoms with van der Waals surface area (Å²) in [6.07, 6.45) is 0.420. The molecule has 144 valence electrons. The number of carbonyl (C=O) groups is 3. The van der Waals surface area contributed by atoms with E-state index in [1.165, 1.54) is 24.1 Å². The summed E-state index contributed by atoms with van der Waals surface area (Å²) in [4.78, 5) is 38.0. The summed E-state index contributed by atoms with van der Waals surface area (Å²) < 4.78 is 4.85. The van der Waals surface area contributed by atoms with Crippen LogP contribution in [0.25, 0.3) is 0 Å². The molecule has 1 aromatic carbocycles. The molecule has 2 amide bonds. The first-order valence-corrected chi connectivity index (χ1v) is 9.07. The van der Waals surface area contributed by atoms with E-state index in [2.05, 4.69) is 5.32 Å². The molecule has 8 heteroatoms. The minimum atomic E-state index is -0.784. The van der Waals surface area contributed by atoms with Gasteiger partial charge in [-0.3, -0.25) is 14.4 Å². The van der Waals surface area contributed by atoms with E-state index < -0.39 is 17.9 Å². The van der Waals surface area contributed by atoms with Gasteiger partial charge in [0.1, 0.15) is 12.6 Å². The van der Waals surface area contributed by atoms with Gasteiger partial charge in [0, 0.05) is 12.1 Å². The van der Waals surface area contributed by atoms with Gasteiger partial charge in [-0.25, -0.2) is 0 Å². The Morgan fingerprint density at radius 1 is 1.23 bits per heavy atom. The third-order valence-corrected chi connectivity index (χ3v) is 4.08. The van der Waals surface area contributed by atoms with Gasteiger partial charge in [-0.2, -0.15) is 0 Å². The van der Waals surface area contributed by atoms with Gasteiger partial charge in [0.25, 0.3) is 5.91 Å². The molecule has 0 fully saturated rings. The van der Waals surface area contributed by atoms with Gasteiger partial charge in [-0.15, -0.1) is 0 Å². The molecule has 0 radical (unpaired) electrons. The average Bonchev–Trinajstić information content (AvgIpc) is 2.52. The molecule has 6 nitrogen and oxygen atoms in total. The third-order valence-electron chi connectivity index (χ3n) is 3.53. The van der Waals surface area contributed by atoms with Crippen molar-refractivity contribution in [2.45, 2.75) is 33.2 Å². The largest absolute Gasteiger partial charge is 0.465 e. The molecule has 1 unspecified atom stereocenters. The molecule has 1 N–H and O–H groups in total. The number of hydrogen-bond acceptors (Lipinski definition) is 4. The summed E-state index contributed by atoms with van der Waals surface area (Å²) in [5, 5.41) is 3.31. The fourth-order valence-corrected chi connectivity index (χ4v) is 2.84. The van der Waals surface area contributed by atoms with Crippen LogP contribution in [0, 0.1) is 5.92 Å². The Bertz CT molecular complexity index is 665. The van der Waals surface area contributed by atoms with Crippen molar-refractivity contribution in [3.8, 4) is 0 Å². The summed E-state index contributed by atoms with van der Waals surface area (Å²) in [5.41, 5.74) is 0.227. The van der Waals surface area contributed by atoms with Gasteiger partial charge in [-0.05, 0) is 37.5 Å². The minimum Gasteiger partial charge on any atom is -0.465 e. The Morgan fingerprint density at radius 2 is 1.88 bits per heavy atom. The molecule has 26 heavy (non-hydrogen) atoms. The second-order valence-corrected chi connectivity index (χ2v) is 7.12. The molecule has 0 aliphatic carbocycles. The lowest BCUT2D eigenvalue weighted by Crippen LogP contribution is -2.49. The molecule has 0 aromatic heterocycles. The molecule has 0 aliphatic rings. The fraction of sp³-hybridized carbons (Fsp3) is 0.500. The lowest BCUT2D eigenvalue weighted by atomic mass is 10.0. The molecule has 0 bridgehead atoms. The highest BCUT2D eigenvalue weighted by Crippen LogP contribution is 2.21. The van der Waals surface area contributed by atoms with Crippen molar-refractivity contribution >= 4 is 41.0 Å². The number of nitrogens with zero attached hydrogens (tertiary/aromatic N) is 1. The van der Waals surface area contributed by atoms with Crippen molar-refractivity contribution in [1.29, 1.82) is 0 Å². The highest BCUT2D eigenvalue weighted by molar-refractivity contribution is 6.36. The van der Waals surface area contributed by atoms with Crippen molar-refractivity contribution in [3.63, 3.8) is 0 Å². The van der Waals surface area contributed by atoms with Crippen LogP contribution in [0.1, 0.15) is 37.6 Å².